The summed E-state index contributed by atoms with van der Waals surface area (Å²) >= 11 is 1.36. The maximum atomic E-state index is 12.4. The molecule has 0 saturated heterocycles. The zero-order valence-corrected chi connectivity index (χ0v) is 16.3. The van der Waals surface area contributed by atoms with E-state index in [1.165, 1.54) is 36.6 Å². The Bertz CT molecular complexity index is 1030. The molecule has 2 amide bonds. The van der Waals surface area contributed by atoms with E-state index in [0.29, 0.717) is 17.0 Å². The minimum absolute atomic E-state index is 0.0397. The first-order chi connectivity index (χ1) is 14.0. The third-order valence-electron chi connectivity index (χ3n) is 4.10. The van der Waals surface area contributed by atoms with E-state index in [0.717, 1.165) is 5.56 Å². The van der Waals surface area contributed by atoms with Gasteiger partial charge >= 0.3 is 5.97 Å². The van der Waals surface area contributed by atoms with Crippen molar-refractivity contribution in [2.24, 2.45) is 0 Å². The van der Waals surface area contributed by atoms with Crippen LogP contribution in [0.25, 0.3) is 0 Å². The number of para-hydroxylation sites is 1. The second-order valence-electron chi connectivity index (χ2n) is 6.00. The van der Waals surface area contributed by atoms with Gasteiger partial charge in [-0.05, 0) is 41.3 Å². The van der Waals surface area contributed by atoms with E-state index in [9.17, 15) is 19.5 Å². The minimum atomic E-state index is -0.701. The van der Waals surface area contributed by atoms with Crippen molar-refractivity contribution in [2.45, 2.75) is 6.54 Å². The molecular formula is C21H18N2O5S. The molecule has 7 nitrogen and oxygen atoms in total. The number of phenolic OH excluding ortho intramolecular Hbond substituents is 1. The quantitative estimate of drug-likeness (QED) is 0.427. The molecule has 0 fully saturated rings. The maximum Gasteiger partial charge on any atom is 0.341 e. The maximum absolute atomic E-state index is 12.4. The van der Waals surface area contributed by atoms with Crippen molar-refractivity contribution in [1.29, 1.82) is 0 Å². The van der Waals surface area contributed by atoms with Crippen LogP contribution in [0.4, 0.5) is 5.69 Å². The zero-order chi connectivity index (χ0) is 20.8. The van der Waals surface area contributed by atoms with Crippen molar-refractivity contribution in [3.63, 3.8) is 0 Å². The number of thiophene rings is 1. The number of esters is 1. The summed E-state index contributed by atoms with van der Waals surface area (Å²) in [4.78, 5) is 36.7. The summed E-state index contributed by atoms with van der Waals surface area (Å²) in [6.07, 6.45) is 0. The molecule has 148 valence electrons. The molecule has 0 saturated carbocycles. The first-order valence-electron chi connectivity index (χ1n) is 8.62. The highest BCUT2D eigenvalue weighted by atomic mass is 32.1. The summed E-state index contributed by atoms with van der Waals surface area (Å²) < 4.78 is 4.60. The third-order valence-corrected chi connectivity index (χ3v) is 4.97. The average molecular weight is 410 g/mol. The Morgan fingerprint density at radius 1 is 1.00 bits per heavy atom. The molecule has 0 aliphatic rings. The van der Waals surface area contributed by atoms with E-state index in [-0.39, 0.29) is 22.9 Å². The Kier molecular flexibility index (Phi) is 6.25. The van der Waals surface area contributed by atoms with Crippen molar-refractivity contribution in [3.8, 4) is 5.75 Å². The average Bonchev–Trinajstić information content (AvgIpc) is 3.28. The summed E-state index contributed by atoms with van der Waals surface area (Å²) in [5, 5.41) is 17.4. The lowest BCUT2D eigenvalue weighted by Crippen LogP contribution is -2.21. The fraction of sp³-hybridized carbons (Fsp3) is 0.0952. The predicted molar refractivity (Wildman–Crippen MR) is 109 cm³/mol. The smallest absolute Gasteiger partial charge is 0.341 e. The lowest BCUT2D eigenvalue weighted by molar-refractivity contribution is 0.0597. The highest BCUT2D eigenvalue weighted by Crippen LogP contribution is 2.28. The van der Waals surface area contributed by atoms with Gasteiger partial charge in [-0.15, -0.1) is 11.3 Å². The van der Waals surface area contributed by atoms with E-state index >= 15 is 0 Å². The lowest BCUT2D eigenvalue weighted by Gasteiger charge is -2.10. The van der Waals surface area contributed by atoms with Crippen LogP contribution in [-0.4, -0.2) is 30.0 Å². The number of methoxy groups -OCH3 is 1. The summed E-state index contributed by atoms with van der Waals surface area (Å²) in [5.74, 6) is -1.66. The number of aromatic hydroxyl groups is 1. The molecule has 0 aliphatic carbocycles. The van der Waals surface area contributed by atoms with Crippen LogP contribution < -0.4 is 10.6 Å². The highest BCUT2D eigenvalue weighted by Gasteiger charge is 2.16. The van der Waals surface area contributed by atoms with Gasteiger partial charge in [0.15, 0.2) is 5.75 Å². The number of nitrogens with one attached hydrogen (secondary N) is 2. The van der Waals surface area contributed by atoms with Gasteiger partial charge in [-0.3, -0.25) is 9.59 Å². The van der Waals surface area contributed by atoms with Crippen molar-refractivity contribution in [2.75, 3.05) is 12.4 Å². The molecule has 0 spiro atoms. The molecule has 2 aromatic carbocycles. The third kappa shape index (κ3) is 4.80. The van der Waals surface area contributed by atoms with Crippen LogP contribution in [0.5, 0.6) is 5.75 Å². The van der Waals surface area contributed by atoms with E-state index in [2.05, 4.69) is 15.4 Å². The van der Waals surface area contributed by atoms with Crippen LogP contribution in [0, 0.1) is 0 Å². The standard InChI is InChI=1S/C21H18N2O5S/c1-28-21(27)15-4-2-5-16(18(15)24)23-19(25)14-9-7-13(8-10-14)12-22-20(26)17-6-3-11-29-17/h2-11,24H,12H2,1H3,(H,22,26)(H,23,25). The van der Waals surface area contributed by atoms with Gasteiger partial charge in [-0.1, -0.05) is 24.3 Å². The number of rotatable bonds is 6. The highest BCUT2D eigenvalue weighted by molar-refractivity contribution is 7.12. The second-order valence-corrected chi connectivity index (χ2v) is 6.95. The van der Waals surface area contributed by atoms with Crippen LogP contribution in [0.2, 0.25) is 0 Å². The van der Waals surface area contributed by atoms with Crippen molar-refractivity contribution in [1.82, 2.24) is 5.32 Å². The number of phenols is 1. The number of hydrogen-bond acceptors (Lipinski definition) is 6. The molecular weight excluding hydrogens is 392 g/mol. The molecule has 1 heterocycles. The van der Waals surface area contributed by atoms with Gasteiger partial charge in [0.25, 0.3) is 11.8 Å². The largest absolute Gasteiger partial charge is 0.505 e. The fourth-order valence-corrected chi connectivity index (χ4v) is 3.20. The van der Waals surface area contributed by atoms with Crippen LogP contribution >= 0.6 is 11.3 Å². The SMILES string of the molecule is COC(=O)c1cccc(NC(=O)c2ccc(CNC(=O)c3cccs3)cc2)c1O. The van der Waals surface area contributed by atoms with Crippen molar-refractivity contribution < 1.29 is 24.2 Å². The molecule has 0 unspecified atom stereocenters. The number of carbonyl (C=O) groups excluding carboxylic acids is 3. The van der Waals surface area contributed by atoms with Crippen LogP contribution in [0.3, 0.4) is 0 Å². The molecule has 3 N–H and O–H groups in total. The molecule has 0 radical (unpaired) electrons. The van der Waals surface area contributed by atoms with Gasteiger partial charge in [-0.25, -0.2) is 4.79 Å². The van der Waals surface area contributed by atoms with Crippen LogP contribution in [-0.2, 0) is 11.3 Å². The number of anilines is 1. The van der Waals surface area contributed by atoms with Gasteiger partial charge in [0.2, 0.25) is 0 Å². The van der Waals surface area contributed by atoms with Crippen molar-refractivity contribution in [3.05, 3.63) is 81.5 Å². The van der Waals surface area contributed by atoms with E-state index in [1.54, 1.807) is 30.3 Å². The Labute approximate surface area is 171 Å². The second kappa shape index (κ2) is 9.03. The van der Waals surface area contributed by atoms with E-state index in [4.69, 9.17) is 0 Å². The van der Waals surface area contributed by atoms with Crippen molar-refractivity contribution >= 4 is 34.8 Å². The molecule has 0 aliphatic heterocycles. The number of carbonyl (C=O) groups is 3. The van der Waals surface area contributed by atoms with Gasteiger partial charge < -0.3 is 20.5 Å². The monoisotopic (exact) mass is 410 g/mol. The predicted octanol–water partition coefficient (Wildman–Crippen LogP) is 3.42. The fourth-order valence-electron chi connectivity index (χ4n) is 2.56. The number of ether oxygens (including phenoxy) is 1. The molecule has 0 bridgehead atoms. The topological polar surface area (TPSA) is 105 Å². The molecule has 1 aromatic heterocycles. The van der Waals surface area contributed by atoms with Crippen LogP contribution in [0.1, 0.15) is 36.0 Å². The number of amides is 2. The summed E-state index contributed by atoms with van der Waals surface area (Å²) in [6, 6.07) is 14.7. The van der Waals surface area contributed by atoms with Gasteiger partial charge in [0.05, 0.1) is 17.7 Å². The van der Waals surface area contributed by atoms with E-state index in [1.807, 2.05) is 11.4 Å². The Morgan fingerprint density at radius 2 is 1.76 bits per heavy atom. The lowest BCUT2D eigenvalue weighted by atomic mass is 10.1. The molecule has 3 rings (SSSR count). The number of hydrogen-bond donors (Lipinski definition) is 3. The summed E-state index contributed by atoms with van der Waals surface area (Å²) in [6.45, 7) is 0.334. The minimum Gasteiger partial charge on any atom is -0.505 e. The summed E-state index contributed by atoms with van der Waals surface area (Å²) in [7, 11) is 1.21. The first kappa shape index (κ1) is 20.1. The van der Waals surface area contributed by atoms with Gasteiger partial charge in [0, 0.05) is 12.1 Å². The van der Waals surface area contributed by atoms with Gasteiger partial charge in [0.1, 0.15) is 5.56 Å². The number of benzene rings is 2. The van der Waals surface area contributed by atoms with E-state index < -0.39 is 11.9 Å². The Balaban J connectivity index is 1.63. The summed E-state index contributed by atoms with van der Waals surface area (Å²) in [5.41, 5.74) is 1.26. The molecule has 3 aromatic rings. The Hall–Kier alpha value is -3.65. The molecule has 8 heteroatoms. The zero-order valence-electron chi connectivity index (χ0n) is 15.5. The van der Waals surface area contributed by atoms with Gasteiger partial charge in [-0.2, -0.15) is 0 Å². The molecule has 0 atom stereocenters. The molecule has 29 heavy (non-hydrogen) atoms. The first-order valence-corrected chi connectivity index (χ1v) is 9.50. The Morgan fingerprint density at radius 3 is 2.41 bits per heavy atom. The van der Waals surface area contributed by atoms with Crippen LogP contribution in [0.15, 0.2) is 60.0 Å². The normalized spacial score (nSPS) is 10.2.